The van der Waals surface area contributed by atoms with Crippen molar-refractivity contribution in [1.29, 1.82) is 0 Å². The Kier molecular flexibility index (Phi) is 24.1. The zero-order valence-corrected chi connectivity index (χ0v) is 64.3. The quantitative estimate of drug-likeness (QED) is 0.112. The second-order valence-electron chi connectivity index (χ2n) is 19.0. The van der Waals surface area contributed by atoms with Gasteiger partial charge >= 0.3 is 105 Å². The van der Waals surface area contributed by atoms with Crippen molar-refractivity contribution in [1.82, 2.24) is 17.5 Å². The fourth-order valence-electron chi connectivity index (χ4n) is 8.13. The molecule has 10 heterocycles. The molecule has 83 heavy (non-hydrogen) atoms. The minimum atomic E-state index is -1.83. The standard InChI is InChI=1S/C26H18F2N2S5.C16H8Br2F2N2S3.C9H7S2.CH4.3CH3.S7.Sn/c1-11-9-18(32-14(11)4)20-22(27)23(28)21(25-24(20)29-35-30-25)19-10-12(2)26(34-19)17-8-7-16(33-17)15-6-5-13(3)31-15;1-5-3-7(23-15(5)17)9-11(19)12(20)10(14-13(9)21-25-22-14)8-4-6(2)16(18)24-8;1-7-4-5-9(11-7)8-3-2-6-10-8;;;;;1-3-5-7-6-4-2;/h5-10H,1-4H3;3-4H,1-2H3;2-5H,1H3;1H4;3*1H3;;. The third-order valence-electron chi connectivity index (χ3n) is 12.2. The van der Waals surface area contributed by atoms with Crippen molar-refractivity contribution >= 4 is 256 Å². The van der Waals surface area contributed by atoms with Crippen LogP contribution in [0.4, 0.5) is 17.6 Å². The van der Waals surface area contributed by atoms with Crippen LogP contribution in [0.2, 0.25) is 14.8 Å². The summed E-state index contributed by atoms with van der Waals surface area (Å²) in [5, 5.41) is 0. The van der Waals surface area contributed by atoms with Gasteiger partial charge in [0.25, 0.3) is 0 Å². The molecule has 10 aromatic heterocycles. The zero-order valence-electron chi connectivity index (χ0n) is 44.4. The molecule has 0 radical (unpaired) electrons. The minimum Gasteiger partial charge on any atom is -0.203 e. The number of halogens is 6. The van der Waals surface area contributed by atoms with Crippen LogP contribution in [0.15, 0.2) is 80.4 Å². The van der Waals surface area contributed by atoms with Gasteiger partial charge in [-0.2, -0.15) is 17.5 Å². The first-order valence-corrected chi connectivity index (χ1v) is 51.5. The number of nitrogens with zero attached hydrogens (tertiary/aromatic N) is 4. The van der Waals surface area contributed by atoms with E-state index in [2.05, 4.69) is 149 Å². The summed E-state index contributed by atoms with van der Waals surface area (Å²) < 4.78 is 82.1. The van der Waals surface area contributed by atoms with Crippen molar-refractivity contribution in [2.24, 2.45) is 0 Å². The van der Waals surface area contributed by atoms with Crippen molar-refractivity contribution in [3.63, 3.8) is 0 Å². The Morgan fingerprint density at radius 2 is 0.771 bits per heavy atom. The topological polar surface area (TPSA) is 51.6 Å². The van der Waals surface area contributed by atoms with E-state index in [1.54, 1.807) is 52.2 Å². The molecule has 12 rings (SSSR count). The molecule has 0 amide bonds. The van der Waals surface area contributed by atoms with E-state index in [9.17, 15) is 0 Å². The van der Waals surface area contributed by atoms with E-state index >= 15 is 17.6 Å². The van der Waals surface area contributed by atoms with Crippen molar-refractivity contribution in [2.75, 3.05) is 0 Å². The smallest absolute Gasteiger partial charge is 0.170 e. The molecule has 0 atom stereocenters. The molecule has 0 unspecified atom stereocenters. The molecule has 2 aromatic carbocycles. The maximum absolute atomic E-state index is 15.7. The average Bonchev–Trinajstić information content (AvgIpc) is 3.25. The molecule has 0 aliphatic carbocycles. The SMILES string of the molecule is C.Cc1cc(-c2c(F)c(F)c(-c3cc(C)c(Br)s3)c3nsnc23)sc1Br.Cc1ccc(-c2cc[c]([Sn]([CH3])([CH3])[CH3])s2)s1.Cc1ccc(-c2ccc(-c3sc(-c4c(F)c(F)c(-c5cc(C)c(C)s5)c5nsnc45)cc3C)s2)s1.S=S=S=S=S=S=S. The van der Waals surface area contributed by atoms with Crippen molar-refractivity contribution in [2.45, 2.75) is 70.7 Å². The molecule has 0 N–H and O–H groups in total. The molecule has 4 nitrogen and oxygen atoms in total. The molecule has 0 saturated heterocycles. The van der Waals surface area contributed by atoms with Gasteiger partial charge in [-0.1, -0.05) is 7.43 Å². The summed E-state index contributed by atoms with van der Waals surface area (Å²) in [6, 6.07) is 25.1. The number of hydrogen-bond acceptors (Lipinski definition) is 16. The van der Waals surface area contributed by atoms with Crippen LogP contribution in [0.5, 0.6) is 0 Å². The van der Waals surface area contributed by atoms with Crippen molar-refractivity contribution in [3.05, 3.63) is 141 Å². The predicted octanol–water partition coefficient (Wildman–Crippen LogP) is 22.6. The maximum atomic E-state index is 15.7. The Morgan fingerprint density at radius 3 is 1.13 bits per heavy atom. The number of benzene rings is 2. The Hall–Kier alpha value is -1.30. The number of aryl methyl sites for hydroxylation is 7. The molecule has 0 saturated carbocycles. The minimum absolute atomic E-state index is 0. The van der Waals surface area contributed by atoms with Gasteiger partial charge in [-0.05, 0) is 144 Å². The molecular weight excluding hydrogens is 1620 g/mol. The normalized spacial score (nSPS) is 11.1. The summed E-state index contributed by atoms with van der Waals surface area (Å²) in [4.78, 5) is 21.3. The number of fused-ring (bicyclic) bond motifs is 2. The summed E-state index contributed by atoms with van der Waals surface area (Å²) in [6.07, 6.45) is 0. The fraction of sp³-hybridized carbons (Fsp3) is 0.200. The van der Waals surface area contributed by atoms with Crippen LogP contribution in [0.25, 0.3) is 93.1 Å². The first-order valence-electron chi connectivity index (χ1n) is 24.0. The molecule has 0 fully saturated rings. The third kappa shape index (κ3) is 15.3. The van der Waals surface area contributed by atoms with Crippen LogP contribution >= 0.6 is 146 Å². The fourth-order valence-corrected chi connectivity index (χ4v) is 32.3. The van der Waals surface area contributed by atoms with E-state index in [0.29, 0.717) is 41.6 Å². The Labute approximate surface area is 565 Å². The molecular formula is C55H46Br2F4N4S17Sn. The van der Waals surface area contributed by atoms with Gasteiger partial charge in [-0.25, -0.2) is 17.6 Å². The second kappa shape index (κ2) is 29.6. The van der Waals surface area contributed by atoms with Gasteiger partial charge < -0.3 is 0 Å². The van der Waals surface area contributed by atoms with Gasteiger partial charge in [0.1, 0.15) is 22.1 Å². The number of rotatable bonds is 8. The predicted molar refractivity (Wildman–Crippen MR) is 392 cm³/mol. The van der Waals surface area contributed by atoms with E-state index in [-0.39, 0.29) is 29.7 Å². The largest absolute Gasteiger partial charge is 0.203 e. The summed E-state index contributed by atoms with van der Waals surface area (Å²) in [5.74, 6) is -3.49. The van der Waals surface area contributed by atoms with Gasteiger partial charge in [0.2, 0.25) is 0 Å². The van der Waals surface area contributed by atoms with Crippen LogP contribution in [-0.4, -0.2) is 35.9 Å². The Balaban J connectivity index is 0.000000163. The molecule has 0 spiro atoms. The molecule has 28 heteroatoms. The molecule has 434 valence electrons. The van der Waals surface area contributed by atoms with Gasteiger partial charge in [0, 0.05) is 116 Å². The van der Waals surface area contributed by atoms with Crippen LogP contribution < -0.4 is 2.89 Å². The Bertz CT molecular complexity index is 4400. The molecule has 0 aliphatic heterocycles. The van der Waals surface area contributed by atoms with Gasteiger partial charge in [-0.3, -0.25) is 0 Å². The van der Waals surface area contributed by atoms with Crippen LogP contribution in [0.1, 0.15) is 44.3 Å². The maximum Gasteiger partial charge on any atom is 0.170 e. The molecule has 12 aromatic rings. The first kappa shape index (κ1) is 67.6. The van der Waals surface area contributed by atoms with E-state index in [0.717, 1.165) is 67.9 Å². The van der Waals surface area contributed by atoms with Crippen LogP contribution in [0.3, 0.4) is 0 Å². The zero-order chi connectivity index (χ0) is 58.9. The van der Waals surface area contributed by atoms with E-state index in [4.69, 9.17) is 0 Å². The van der Waals surface area contributed by atoms with Gasteiger partial charge in [0.15, 0.2) is 23.3 Å². The summed E-state index contributed by atoms with van der Waals surface area (Å²) >= 11 is 29.2. The van der Waals surface area contributed by atoms with E-state index in [1.165, 1.54) is 92.4 Å². The van der Waals surface area contributed by atoms with Gasteiger partial charge in [-0.15, -0.1) is 68.0 Å². The third-order valence-corrected chi connectivity index (χ3v) is 43.1. The van der Waals surface area contributed by atoms with E-state index < -0.39 is 41.6 Å². The number of thiophene rings is 8. The van der Waals surface area contributed by atoms with Crippen LogP contribution in [-0.2, 0) is 66.8 Å². The van der Waals surface area contributed by atoms with Crippen LogP contribution in [0, 0.1) is 71.7 Å². The van der Waals surface area contributed by atoms with Crippen molar-refractivity contribution < 1.29 is 17.6 Å². The van der Waals surface area contributed by atoms with E-state index in [1.807, 2.05) is 81.6 Å². The second-order valence-corrected chi connectivity index (χ2v) is 56.1. The summed E-state index contributed by atoms with van der Waals surface area (Å²) in [5.41, 5.74) is 6.42. The summed E-state index contributed by atoms with van der Waals surface area (Å²) in [6.45, 7) is 14.1. The molecule has 0 bridgehead atoms. The number of hydrogen-bond donors (Lipinski definition) is 0. The van der Waals surface area contributed by atoms with Gasteiger partial charge in [0.05, 0.1) is 53.3 Å². The monoisotopic (exact) mass is 1660 g/mol. The number of aromatic nitrogens is 4. The van der Waals surface area contributed by atoms with Crippen molar-refractivity contribution in [3.8, 4) is 71.0 Å². The Morgan fingerprint density at radius 1 is 0.410 bits per heavy atom. The first-order chi connectivity index (χ1) is 39.1. The molecule has 0 aliphatic rings. The average molecular weight is 1660 g/mol. The summed E-state index contributed by atoms with van der Waals surface area (Å²) in [7, 11) is 7.36.